The van der Waals surface area contributed by atoms with E-state index in [-0.39, 0.29) is 41.0 Å². The SMILES string of the molecule is CN1COc2c(F)c(F)cc3c(=O)c(OC(=O)O)cn1c23.CN1COc2c(N3CC4C5CCC(N)(CC5)C4C3)c(F)cc3c(=O)c(OC(=O)O)cn1c23. The Bertz CT molecular complexity index is 2360. The van der Waals surface area contributed by atoms with Crippen LogP contribution in [0, 0.1) is 35.2 Å². The van der Waals surface area contributed by atoms with Crippen molar-refractivity contribution in [3.05, 3.63) is 62.4 Å². The normalized spacial score (nSPS) is 23.6. The molecule has 5 heterocycles. The quantitative estimate of drug-likeness (QED) is 0.259. The zero-order valence-electron chi connectivity index (χ0n) is 28.3. The van der Waals surface area contributed by atoms with E-state index in [1.165, 1.54) is 21.9 Å². The van der Waals surface area contributed by atoms with Crippen molar-refractivity contribution in [1.29, 1.82) is 0 Å². The summed E-state index contributed by atoms with van der Waals surface area (Å²) in [6.07, 6.45) is 3.41. The first kappa shape index (κ1) is 34.2. The molecule has 2 aromatic heterocycles. The smallest absolute Gasteiger partial charge is 0.467 e. The minimum Gasteiger partial charge on any atom is -0.467 e. The van der Waals surface area contributed by atoms with Gasteiger partial charge in [-0.2, -0.15) is 4.39 Å². The Morgan fingerprint density at radius 1 is 0.830 bits per heavy atom. The summed E-state index contributed by atoms with van der Waals surface area (Å²) >= 11 is 0. The summed E-state index contributed by atoms with van der Waals surface area (Å²) < 4.78 is 65.8. The van der Waals surface area contributed by atoms with Crippen LogP contribution in [0.4, 0.5) is 28.4 Å². The van der Waals surface area contributed by atoms with Crippen LogP contribution in [0.25, 0.3) is 21.8 Å². The summed E-state index contributed by atoms with van der Waals surface area (Å²) in [4.78, 5) is 48.6. The van der Waals surface area contributed by atoms with E-state index >= 15 is 4.39 Å². The molecule has 6 aliphatic rings. The molecule has 2 aromatic carbocycles. The molecule has 2 unspecified atom stereocenters. The van der Waals surface area contributed by atoms with Gasteiger partial charge in [0.25, 0.3) is 0 Å². The summed E-state index contributed by atoms with van der Waals surface area (Å²) in [7, 11) is 3.28. The Balaban J connectivity index is 0.000000165. The van der Waals surface area contributed by atoms with Gasteiger partial charge in [-0.1, -0.05) is 0 Å². The Labute approximate surface area is 296 Å². The second-order valence-electron chi connectivity index (χ2n) is 14.0. The summed E-state index contributed by atoms with van der Waals surface area (Å²) in [5, 5.41) is 20.5. The number of hydrogen-bond acceptors (Lipinski definition) is 12. The zero-order valence-corrected chi connectivity index (χ0v) is 28.3. The number of benzene rings is 2. The molecule has 2 bridgehead atoms. The van der Waals surface area contributed by atoms with Gasteiger partial charge in [-0.3, -0.25) is 29.0 Å². The van der Waals surface area contributed by atoms with Crippen LogP contribution in [-0.2, 0) is 0 Å². The fourth-order valence-corrected chi connectivity index (χ4v) is 8.68. The van der Waals surface area contributed by atoms with Gasteiger partial charge in [-0.15, -0.1) is 0 Å². The van der Waals surface area contributed by atoms with Gasteiger partial charge in [0, 0.05) is 32.7 Å². The molecule has 2 atom stereocenters. The Morgan fingerprint density at radius 3 is 1.87 bits per heavy atom. The lowest BCUT2D eigenvalue weighted by Gasteiger charge is -2.52. The van der Waals surface area contributed by atoms with E-state index in [0.717, 1.165) is 31.9 Å². The minimum absolute atomic E-state index is 0.00499. The Kier molecular flexibility index (Phi) is 7.82. The van der Waals surface area contributed by atoms with Gasteiger partial charge in [0.05, 0.1) is 23.2 Å². The van der Waals surface area contributed by atoms with Gasteiger partial charge >= 0.3 is 12.3 Å². The van der Waals surface area contributed by atoms with Gasteiger partial charge in [0.1, 0.15) is 16.7 Å². The van der Waals surface area contributed by atoms with E-state index in [9.17, 15) is 28.0 Å². The molecule has 3 aliphatic heterocycles. The van der Waals surface area contributed by atoms with Gasteiger partial charge in [-0.05, 0) is 55.6 Å². The van der Waals surface area contributed by atoms with E-state index < -0.39 is 52.1 Å². The first-order valence-corrected chi connectivity index (χ1v) is 16.7. The van der Waals surface area contributed by atoms with Crippen molar-refractivity contribution < 1.29 is 51.9 Å². The Morgan fingerprint density at radius 2 is 1.34 bits per heavy atom. The molecule has 53 heavy (non-hydrogen) atoms. The van der Waals surface area contributed by atoms with Gasteiger partial charge in [0.2, 0.25) is 28.2 Å². The van der Waals surface area contributed by atoms with Crippen molar-refractivity contribution in [3.63, 3.8) is 0 Å². The maximum absolute atomic E-state index is 15.6. The molecule has 16 nitrogen and oxygen atoms in total. The monoisotopic (exact) mass is 742 g/mol. The van der Waals surface area contributed by atoms with Crippen LogP contribution < -0.4 is 50.5 Å². The van der Waals surface area contributed by atoms with Crippen molar-refractivity contribution in [1.82, 2.24) is 9.35 Å². The van der Waals surface area contributed by atoms with Crippen molar-refractivity contribution >= 4 is 39.8 Å². The van der Waals surface area contributed by atoms with Crippen molar-refractivity contribution in [2.24, 2.45) is 23.5 Å². The number of ether oxygens (including phenoxy) is 4. The van der Waals surface area contributed by atoms with Gasteiger partial charge in [0.15, 0.2) is 36.6 Å². The highest BCUT2D eigenvalue weighted by atomic mass is 19.2. The highest BCUT2D eigenvalue weighted by molar-refractivity contribution is 5.93. The molecule has 19 heteroatoms. The molecule has 1 saturated heterocycles. The highest BCUT2D eigenvalue weighted by Crippen LogP contribution is 2.55. The van der Waals surface area contributed by atoms with Crippen LogP contribution in [0.5, 0.6) is 23.0 Å². The highest BCUT2D eigenvalue weighted by Gasteiger charge is 2.55. The average molecular weight is 743 g/mol. The number of rotatable bonds is 3. The average Bonchev–Trinajstić information content (AvgIpc) is 3.57. The number of carboxylic acid groups (broad SMARTS) is 2. The van der Waals surface area contributed by atoms with E-state index in [0.29, 0.717) is 53.9 Å². The lowest BCUT2D eigenvalue weighted by molar-refractivity contribution is 0.0318. The molecule has 4 aromatic rings. The molecule has 3 saturated carbocycles. The largest absolute Gasteiger partial charge is 0.511 e. The molecule has 10 rings (SSSR count). The predicted molar refractivity (Wildman–Crippen MR) is 181 cm³/mol. The fraction of sp³-hybridized carbons (Fsp3) is 0.412. The van der Waals surface area contributed by atoms with Crippen molar-refractivity contribution in [2.45, 2.75) is 31.2 Å². The third-order valence-corrected chi connectivity index (χ3v) is 11.1. The van der Waals surface area contributed by atoms with Crippen molar-refractivity contribution in [3.8, 4) is 23.0 Å². The molecule has 280 valence electrons. The van der Waals surface area contributed by atoms with Crippen LogP contribution >= 0.6 is 0 Å². The van der Waals surface area contributed by atoms with Crippen LogP contribution in [0.1, 0.15) is 25.7 Å². The molecule has 4 N–H and O–H groups in total. The molecular formula is C34H33F3N6O10. The first-order chi connectivity index (χ1) is 25.2. The van der Waals surface area contributed by atoms with Crippen molar-refractivity contribution in [2.75, 3.05) is 55.6 Å². The number of fused-ring (bicyclic) bond motifs is 2. The lowest BCUT2D eigenvalue weighted by Crippen LogP contribution is -2.58. The third-order valence-electron chi connectivity index (χ3n) is 11.1. The molecule has 0 spiro atoms. The maximum Gasteiger partial charge on any atom is 0.511 e. The molecule has 0 amide bonds. The van der Waals surface area contributed by atoms with E-state index in [2.05, 4.69) is 9.47 Å². The number of anilines is 1. The van der Waals surface area contributed by atoms with Crippen LogP contribution in [-0.4, -0.2) is 78.1 Å². The van der Waals surface area contributed by atoms with E-state index in [1.54, 1.807) is 23.8 Å². The second kappa shape index (κ2) is 12.1. The number of aromatic nitrogens is 2. The number of halogens is 3. The first-order valence-electron chi connectivity index (χ1n) is 16.7. The third kappa shape index (κ3) is 5.31. The molecular weight excluding hydrogens is 709 g/mol. The summed E-state index contributed by atoms with van der Waals surface area (Å²) in [6, 6.07) is 1.85. The fourth-order valence-electron chi connectivity index (χ4n) is 8.68. The zero-order chi connectivity index (χ0) is 37.7. The van der Waals surface area contributed by atoms with Crippen LogP contribution in [0.15, 0.2) is 34.1 Å². The summed E-state index contributed by atoms with van der Waals surface area (Å²) in [5.74, 6) is -2.67. The summed E-state index contributed by atoms with van der Waals surface area (Å²) in [6.45, 7) is 1.38. The number of nitrogens with two attached hydrogens (primary N) is 1. The predicted octanol–water partition coefficient (Wildman–Crippen LogP) is 3.32. The van der Waals surface area contributed by atoms with Crippen LogP contribution in [0.2, 0.25) is 0 Å². The van der Waals surface area contributed by atoms with Gasteiger partial charge in [-0.25, -0.2) is 18.4 Å². The standard InChI is InChI=1S/C22H25FN4O5.C12H8F2N2O5/c1-25-10-31-20-17-12(19(28)16(9-27(17)25)32-21(29)30)6-15(23)18(20)26-7-13-11-2-4-22(24,5-3-11)14(13)8-26;1-15-4-20-11-8(14)6(13)2-5-9(11)16(15)3-7(10(5)17)21-12(18)19/h6,9,11,13-14H,2-5,7-8,10,24H2,1H3,(H,29,30);2-3H,4H2,1H3,(H,18,19). The maximum atomic E-state index is 15.6. The minimum atomic E-state index is -1.68. The number of hydrogen-bond donors (Lipinski definition) is 3. The number of nitrogens with zero attached hydrogens (tertiary/aromatic N) is 5. The second-order valence-corrected chi connectivity index (χ2v) is 14.0. The number of pyridine rings is 2. The van der Waals surface area contributed by atoms with Crippen LogP contribution in [0.3, 0.4) is 0 Å². The molecule has 0 radical (unpaired) electrons. The lowest BCUT2D eigenvalue weighted by atomic mass is 9.56. The van der Waals surface area contributed by atoms with Gasteiger partial charge < -0.3 is 39.8 Å². The molecule has 4 fully saturated rings. The molecule has 3 aliphatic carbocycles. The topological polar surface area (TPSA) is 191 Å². The van der Waals surface area contributed by atoms with E-state index in [4.69, 9.17) is 25.4 Å². The Hall–Kier alpha value is -5.85. The number of carbonyl (C=O) groups is 2. The summed E-state index contributed by atoms with van der Waals surface area (Å²) in [5.41, 5.74) is 5.78. The van der Waals surface area contributed by atoms with E-state index in [1.807, 2.05) is 4.90 Å².